The highest BCUT2D eigenvalue weighted by molar-refractivity contribution is 7.71. The molecule has 1 aromatic heterocycles. The lowest BCUT2D eigenvalue weighted by Crippen LogP contribution is -3.07. The molecule has 0 amide bonds. The molecule has 132 valence electrons. The molecular formula is C19H24N3O2S+. The largest absolute Gasteiger partial charge is 0.493 e. The monoisotopic (exact) mass is 358 g/mol. The van der Waals surface area contributed by atoms with E-state index in [9.17, 15) is 5.26 Å². The third kappa shape index (κ3) is 4.19. The van der Waals surface area contributed by atoms with Crippen molar-refractivity contribution in [3.63, 3.8) is 0 Å². The van der Waals surface area contributed by atoms with E-state index in [2.05, 4.69) is 13.1 Å². The quantitative estimate of drug-likeness (QED) is 0.806. The summed E-state index contributed by atoms with van der Waals surface area (Å²) in [7, 11) is 5.37. The van der Waals surface area contributed by atoms with E-state index in [1.807, 2.05) is 42.7 Å². The molecule has 2 rings (SSSR count). The predicted molar refractivity (Wildman–Crippen MR) is 99.6 cm³/mol. The Kier molecular flexibility index (Phi) is 6.18. The second-order valence-corrected chi connectivity index (χ2v) is 6.56. The van der Waals surface area contributed by atoms with Crippen molar-refractivity contribution in [3.05, 3.63) is 51.3 Å². The Labute approximate surface area is 154 Å². The molecule has 0 spiro atoms. The van der Waals surface area contributed by atoms with Gasteiger partial charge >= 0.3 is 0 Å². The number of nitrogens with zero attached hydrogens (tertiary/aromatic N) is 2. The maximum Gasteiger partial charge on any atom is 0.161 e. The third-order valence-electron chi connectivity index (χ3n) is 4.20. The van der Waals surface area contributed by atoms with E-state index < -0.39 is 0 Å². The Hall–Kier alpha value is -2.36. The number of nitriles is 1. The van der Waals surface area contributed by atoms with Crippen LogP contribution in [-0.4, -0.2) is 25.8 Å². The highest BCUT2D eigenvalue weighted by atomic mass is 32.1. The van der Waals surface area contributed by atoms with Crippen LogP contribution in [0.5, 0.6) is 11.5 Å². The number of nitrogens with one attached hydrogen (secondary N) is 1. The summed E-state index contributed by atoms with van der Waals surface area (Å²) in [6.45, 7) is 5.44. The normalized spacial score (nSPS) is 11.7. The lowest BCUT2D eigenvalue weighted by molar-refractivity contribution is -0.917. The van der Waals surface area contributed by atoms with Crippen LogP contribution in [0.1, 0.15) is 22.4 Å². The molecule has 0 saturated carbocycles. The zero-order valence-electron chi connectivity index (χ0n) is 15.3. The van der Waals surface area contributed by atoms with E-state index >= 15 is 0 Å². The second kappa shape index (κ2) is 8.15. The molecule has 0 fully saturated rings. The maximum absolute atomic E-state index is 9.33. The van der Waals surface area contributed by atoms with Crippen molar-refractivity contribution in [1.29, 1.82) is 5.26 Å². The summed E-state index contributed by atoms with van der Waals surface area (Å²) in [5, 5.41) is 9.33. The van der Waals surface area contributed by atoms with Crippen molar-refractivity contribution < 1.29 is 14.4 Å². The molecule has 1 atom stereocenters. The van der Waals surface area contributed by atoms with Crippen LogP contribution in [0, 0.1) is 29.8 Å². The van der Waals surface area contributed by atoms with Gasteiger partial charge in [-0.1, -0.05) is 12.2 Å². The van der Waals surface area contributed by atoms with E-state index in [1.165, 1.54) is 4.90 Å². The fourth-order valence-corrected chi connectivity index (χ4v) is 3.34. The Morgan fingerprint density at radius 2 is 1.84 bits per heavy atom. The molecule has 2 aromatic rings. The standard InChI is InChI=1S/C19H23N3O2S/c1-13-8-14(2)22(19(25)16(13)10-20)12-21(3)11-15-6-7-17(23-4)18(9-15)24-5/h6-9H,11-12H2,1-5H3/p+1. The van der Waals surface area contributed by atoms with Gasteiger partial charge in [0.25, 0.3) is 0 Å². The van der Waals surface area contributed by atoms with E-state index in [-0.39, 0.29) is 0 Å². The fourth-order valence-electron chi connectivity index (χ4n) is 2.92. The molecule has 1 heterocycles. The second-order valence-electron chi connectivity index (χ2n) is 6.17. The molecule has 6 heteroatoms. The Bertz CT molecular complexity index is 868. The number of quaternary nitrogens is 1. The first-order valence-corrected chi connectivity index (χ1v) is 8.45. The number of benzene rings is 1. The Balaban J connectivity index is 2.23. The highest BCUT2D eigenvalue weighted by Gasteiger charge is 2.12. The highest BCUT2D eigenvalue weighted by Crippen LogP contribution is 2.27. The number of aryl methyl sites for hydroxylation is 2. The van der Waals surface area contributed by atoms with Gasteiger partial charge in [-0.15, -0.1) is 0 Å². The summed E-state index contributed by atoms with van der Waals surface area (Å²) in [4.78, 5) is 1.25. The van der Waals surface area contributed by atoms with Crippen LogP contribution >= 0.6 is 12.2 Å². The topological polar surface area (TPSA) is 51.6 Å². The zero-order valence-corrected chi connectivity index (χ0v) is 16.2. The number of rotatable bonds is 6. The number of hydrogen-bond donors (Lipinski definition) is 1. The minimum atomic E-state index is 0.583. The SMILES string of the molecule is COc1ccc(C[NH+](C)Cn2c(C)cc(C)c(C#N)c2=S)cc1OC. The molecule has 25 heavy (non-hydrogen) atoms. The van der Waals surface area contributed by atoms with Crippen molar-refractivity contribution >= 4 is 12.2 Å². The van der Waals surface area contributed by atoms with Crippen LogP contribution in [0.3, 0.4) is 0 Å². The third-order valence-corrected chi connectivity index (χ3v) is 4.62. The maximum atomic E-state index is 9.33. The van der Waals surface area contributed by atoms with Crippen LogP contribution < -0.4 is 14.4 Å². The number of methoxy groups -OCH3 is 2. The number of hydrogen-bond acceptors (Lipinski definition) is 4. The molecule has 0 aliphatic heterocycles. The van der Waals surface area contributed by atoms with E-state index in [4.69, 9.17) is 21.7 Å². The summed E-state index contributed by atoms with van der Waals surface area (Å²) >= 11 is 5.51. The van der Waals surface area contributed by atoms with Gasteiger partial charge < -0.3 is 14.4 Å². The van der Waals surface area contributed by atoms with Gasteiger partial charge in [0.1, 0.15) is 17.3 Å². The van der Waals surface area contributed by atoms with Gasteiger partial charge in [-0.25, -0.2) is 0 Å². The smallest absolute Gasteiger partial charge is 0.161 e. The first-order valence-electron chi connectivity index (χ1n) is 8.04. The average Bonchev–Trinajstić information content (AvgIpc) is 2.58. The molecule has 0 aliphatic carbocycles. The van der Waals surface area contributed by atoms with E-state index in [1.54, 1.807) is 14.2 Å². The minimum Gasteiger partial charge on any atom is -0.493 e. The van der Waals surface area contributed by atoms with Crippen LogP contribution in [0.25, 0.3) is 0 Å². The Morgan fingerprint density at radius 3 is 2.44 bits per heavy atom. The van der Waals surface area contributed by atoms with Crippen molar-refractivity contribution in [2.75, 3.05) is 21.3 Å². The molecule has 0 saturated heterocycles. The summed E-state index contributed by atoms with van der Waals surface area (Å²) in [6, 6.07) is 10.2. The van der Waals surface area contributed by atoms with Crippen LogP contribution in [0.4, 0.5) is 0 Å². The van der Waals surface area contributed by atoms with E-state index in [0.717, 1.165) is 34.9 Å². The molecule has 5 nitrogen and oxygen atoms in total. The molecule has 0 aliphatic rings. The van der Waals surface area contributed by atoms with Crippen molar-refractivity contribution in [3.8, 4) is 17.6 Å². The number of ether oxygens (including phenoxy) is 2. The van der Waals surface area contributed by atoms with Gasteiger partial charge in [-0.2, -0.15) is 5.26 Å². The molecule has 1 aromatic carbocycles. The van der Waals surface area contributed by atoms with Crippen molar-refractivity contribution in [2.45, 2.75) is 27.1 Å². The summed E-state index contributed by atoms with van der Waals surface area (Å²) in [6.07, 6.45) is 0. The van der Waals surface area contributed by atoms with Gasteiger partial charge in [0, 0.05) is 11.3 Å². The van der Waals surface area contributed by atoms with Crippen LogP contribution in [0.2, 0.25) is 0 Å². The first-order chi connectivity index (χ1) is 11.9. The minimum absolute atomic E-state index is 0.583. The van der Waals surface area contributed by atoms with Crippen LogP contribution in [-0.2, 0) is 13.2 Å². The lowest BCUT2D eigenvalue weighted by Gasteiger charge is -2.19. The summed E-state index contributed by atoms with van der Waals surface area (Å²) in [5.74, 6) is 1.45. The molecule has 1 unspecified atom stereocenters. The molecule has 0 radical (unpaired) electrons. The van der Waals surface area contributed by atoms with Gasteiger partial charge in [0.05, 0.1) is 26.8 Å². The fraction of sp³-hybridized carbons (Fsp3) is 0.368. The number of pyridine rings is 1. The van der Waals surface area contributed by atoms with Gasteiger partial charge in [-0.05, 0) is 43.7 Å². The molecular weight excluding hydrogens is 334 g/mol. The lowest BCUT2D eigenvalue weighted by atomic mass is 10.1. The predicted octanol–water partition coefficient (Wildman–Crippen LogP) is 2.40. The van der Waals surface area contributed by atoms with Gasteiger partial charge in [0.15, 0.2) is 18.2 Å². The van der Waals surface area contributed by atoms with Gasteiger partial charge in [0.2, 0.25) is 0 Å². The van der Waals surface area contributed by atoms with Crippen molar-refractivity contribution in [1.82, 2.24) is 4.57 Å². The number of aromatic nitrogens is 1. The first kappa shape index (κ1) is 19.0. The Morgan fingerprint density at radius 1 is 1.16 bits per heavy atom. The summed E-state index contributed by atoms with van der Waals surface area (Å²) < 4.78 is 13.3. The summed E-state index contributed by atoms with van der Waals surface area (Å²) in [5.41, 5.74) is 3.72. The molecule has 1 N–H and O–H groups in total. The van der Waals surface area contributed by atoms with Crippen LogP contribution in [0.15, 0.2) is 24.3 Å². The molecule has 0 bridgehead atoms. The van der Waals surface area contributed by atoms with Gasteiger partial charge in [-0.3, -0.25) is 4.57 Å². The average molecular weight is 358 g/mol. The van der Waals surface area contributed by atoms with E-state index in [0.29, 0.717) is 16.9 Å². The zero-order chi connectivity index (χ0) is 18.6. The van der Waals surface area contributed by atoms with Crippen molar-refractivity contribution in [2.24, 2.45) is 0 Å².